The first-order valence-corrected chi connectivity index (χ1v) is 6.56. The summed E-state index contributed by atoms with van der Waals surface area (Å²) < 4.78 is 0. The zero-order valence-corrected chi connectivity index (χ0v) is 11.2. The Bertz CT molecular complexity index is 642. The number of nitrogens with zero attached hydrogens (tertiary/aromatic N) is 2. The highest BCUT2D eigenvalue weighted by molar-refractivity contribution is 5.60. The lowest BCUT2D eigenvalue weighted by Crippen LogP contribution is -2.16. The number of benzene rings is 2. The van der Waals surface area contributed by atoms with Crippen molar-refractivity contribution in [1.82, 2.24) is 10.2 Å². The van der Waals surface area contributed by atoms with Crippen molar-refractivity contribution >= 4 is 11.5 Å². The molecule has 0 amide bonds. The van der Waals surface area contributed by atoms with Crippen molar-refractivity contribution in [2.45, 2.75) is 6.54 Å². The second-order valence-electron chi connectivity index (χ2n) is 4.67. The summed E-state index contributed by atoms with van der Waals surface area (Å²) in [6, 6.07) is 20.5. The predicted molar refractivity (Wildman–Crippen MR) is 81.8 cm³/mol. The van der Waals surface area contributed by atoms with Gasteiger partial charge in [0, 0.05) is 24.5 Å². The zero-order valence-electron chi connectivity index (χ0n) is 11.2. The van der Waals surface area contributed by atoms with Crippen LogP contribution in [-0.2, 0) is 6.54 Å². The Balaban J connectivity index is 1.94. The van der Waals surface area contributed by atoms with Crippen LogP contribution >= 0.6 is 0 Å². The van der Waals surface area contributed by atoms with E-state index >= 15 is 0 Å². The molecule has 0 atom stereocenters. The fraction of sp³-hybridized carbons (Fsp3) is 0.0588. The lowest BCUT2D eigenvalue weighted by molar-refractivity contribution is 0.931. The third-order valence-corrected chi connectivity index (χ3v) is 3.19. The van der Waals surface area contributed by atoms with Crippen molar-refractivity contribution in [3.8, 4) is 0 Å². The van der Waals surface area contributed by atoms with Crippen molar-refractivity contribution in [3.63, 3.8) is 0 Å². The molecule has 3 aromatic rings. The van der Waals surface area contributed by atoms with Crippen molar-refractivity contribution < 1.29 is 0 Å². The topological polar surface area (TPSA) is 31.9 Å². The number of hydrogen-bond acceptors (Lipinski definition) is 2. The maximum absolute atomic E-state index is 4.30. The van der Waals surface area contributed by atoms with E-state index in [2.05, 4.69) is 58.4 Å². The van der Waals surface area contributed by atoms with Crippen LogP contribution in [-0.4, -0.2) is 10.2 Å². The van der Waals surface area contributed by atoms with E-state index in [1.807, 2.05) is 30.5 Å². The van der Waals surface area contributed by atoms with E-state index < -0.39 is 0 Å². The van der Waals surface area contributed by atoms with E-state index in [1.54, 1.807) is 0 Å². The maximum atomic E-state index is 4.30. The van der Waals surface area contributed by atoms with Gasteiger partial charge in [-0.15, -0.1) is 0 Å². The van der Waals surface area contributed by atoms with Crippen LogP contribution in [0.3, 0.4) is 0 Å². The minimum absolute atomic E-state index is 0.780. The van der Waals surface area contributed by atoms with Gasteiger partial charge in [0.05, 0.1) is 0 Å². The van der Waals surface area contributed by atoms with Crippen LogP contribution in [0, 0.1) is 6.92 Å². The summed E-state index contributed by atoms with van der Waals surface area (Å²) in [4.78, 5) is 2.17. The molecule has 3 heteroatoms. The number of rotatable bonds is 4. The van der Waals surface area contributed by atoms with E-state index in [4.69, 9.17) is 0 Å². The second kappa shape index (κ2) is 5.61. The smallest absolute Gasteiger partial charge is 0.155 e. The molecule has 0 bridgehead atoms. The van der Waals surface area contributed by atoms with Crippen molar-refractivity contribution in [2.24, 2.45) is 0 Å². The summed E-state index contributed by atoms with van der Waals surface area (Å²) in [7, 11) is 0. The Morgan fingerprint density at radius 3 is 2.35 bits per heavy atom. The van der Waals surface area contributed by atoms with Crippen molar-refractivity contribution in [3.05, 3.63) is 84.9 Å². The largest absolute Gasteiger partial charge is 0.320 e. The molecule has 1 aromatic heterocycles. The Hall–Kier alpha value is -2.55. The van der Waals surface area contributed by atoms with Crippen molar-refractivity contribution in [1.29, 1.82) is 0 Å². The SMILES string of the molecule is [CH2]c1ccc(N(Cc2ccccc2)c2cc[nH]n2)cc1. The van der Waals surface area contributed by atoms with Crippen LogP contribution in [0.2, 0.25) is 0 Å². The summed E-state index contributed by atoms with van der Waals surface area (Å²) in [5.41, 5.74) is 3.36. The molecule has 3 rings (SSSR count). The quantitative estimate of drug-likeness (QED) is 0.772. The van der Waals surface area contributed by atoms with Gasteiger partial charge in [-0.1, -0.05) is 42.5 Å². The third kappa shape index (κ3) is 2.72. The van der Waals surface area contributed by atoms with Gasteiger partial charge in [0.25, 0.3) is 0 Å². The summed E-state index contributed by atoms with van der Waals surface area (Å²) in [6.07, 6.45) is 1.84. The van der Waals surface area contributed by atoms with Gasteiger partial charge in [0.1, 0.15) is 0 Å². The molecular formula is C17H16N3. The van der Waals surface area contributed by atoms with Gasteiger partial charge in [0.2, 0.25) is 0 Å². The molecule has 0 saturated carbocycles. The fourth-order valence-electron chi connectivity index (χ4n) is 2.15. The van der Waals surface area contributed by atoms with Crippen LogP contribution in [0.4, 0.5) is 11.5 Å². The minimum atomic E-state index is 0.780. The zero-order chi connectivity index (χ0) is 13.8. The Labute approximate surface area is 118 Å². The number of aromatic amines is 1. The van der Waals surface area contributed by atoms with Crippen LogP contribution < -0.4 is 4.90 Å². The lowest BCUT2D eigenvalue weighted by Gasteiger charge is -2.22. The maximum Gasteiger partial charge on any atom is 0.155 e. The summed E-state index contributed by atoms with van der Waals surface area (Å²) >= 11 is 0. The number of hydrogen-bond donors (Lipinski definition) is 1. The van der Waals surface area contributed by atoms with Crippen LogP contribution in [0.15, 0.2) is 66.9 Å². The molecule has 0 unspecified atom stereocenters. The summed E-state index contributed by atoms with van der Waals surface area (Å²) in [6.45, 7) is 4.71. The van der Waals surface area contributed by atoms with E-state index in [0.717, 1.165) is 23.6 Å². The molecule has 0 spiro atoms. The number of aromatic nitrogens is 2. The Morgan fingerprint density at radius 2 is 1.70 bits per heavy atom. The van der Waals surface area contributed by atoms with Gasteiger partial charge in [-0.2, -0.15) is 5.10 Å². The Morgan fingerprint density at radius 1 is 0.950 bits per heavy atom. The summed E-state index contributed by atoms with van der Waals surface area (Å²) in [5, 5.41) is 7.17. The molecule has 0 saturated heterocycles. The van der Waals surface area contributed by atoms with Gasteiger partial charge >= 0.3 is 0 Å². The first-order valence-electron chi connectivity index (χ1n) is 6.56. The molecule has 1 radical (unpaired) electrons. The second-order valence-corrected chi connectivity index (χ2v) is 4.67. The highest BCUT2D eigenvalue weighted by atomic mass is 15.3. The normalized spacial score (nSPS) is 10.4. The Kier molecular flexibility index (Phi) is 3.50. The number of nitrogens with one attached hydrogen (secondary N) is 1. The highest BCUT2D eigenvalue weighted by Crippen LogP contribution is 2.25. The van der Waals surface area contributed by atoms with E-state index in [0.29, 0.717) is 0 Å². The van der Waals surface area contributed by atoms with Gasteiger partial charge in [0.15, 0.2) is 5.82 Å². The fourth-order valence-corrected chi connectivity index (χ4v) is 2.15. The number of H-pyrrole nitrogens is 1. The summed E-state index contributed by atoms with van der Waals surface area (Å²) in [5.74, 6) is 0.908. The third-order valence-electron chi connectivity index (χ3n) is 3.19. The molecule has 0 aliphatic carbocycles. The van der Waals surface area contributed by atoms with Gasteiger partial charge in [-0.3, -0.25) is 5.10 Å². The van der Waals surface area contributed by atoms with E-state index in [1.165, 1.54) is 5.56 Å². The molecule has 0 fully saturated rings. The molecule has 2 aromatic carbocycles. The standard InChI is InChI=1S/C17H16N3/c1-14-7-9-16(10-8-14)20(17-11-12-18-19-17)13-15-5-3-2-4-6-15/h2-12H,1,13H2,(H,18,19). The average Bonchev–Trinajstić information content (AvgIpc) is 3.01. The minimum Gasteiger partial charge on any atom is -0.320 e. The number of anilines is 2. The predicted octanol–water partition coefficient (Wildman–Crippen LogP) is 3.93. The molecule has 1 heterocycles. The average molecular weight is 262 g/mol. The van der Waals surface area contributed by atoms with Crippen LogP contribution in [0.5, 0.6) is 0 Å². The molecule has 20 heavy (non-hydrogen) atoms. The van der Waals surface area contributed by atoms with Gasteiger partial charge < -0.3 is 4.90 Å². The highest BCUT2D eigenvalue weighted by Gasteiger charge is 2.11. The van der Waals surface area contributed by atoms with Gasteiger partial charge in [-0.05, 0) is 30.2 Å². The van der Waals surface area contributed by atoms with E-state index in [9.17, 15) is 0 Å². The molecule has 0 aliphatic heterocycles. The molecule has 1 N–H and O–H groups in total. The first kappa shape index (κ1) is 12.5. The molecule has 3 nitrogen and oxygen atoms in total. The van der Waals surface area contributed by atoms with Gasteiger partial charge in [-0.25, -0.2) is 0 Å². The van der Waals surface area contributed by atoms with Crippen LogP contribution in [0.1, 0.15) is 11.1 Å². The van der Waals surface area contributed by atoms with Crippen molar-refractivity contribution in [2.75, 3.05) is 4.90 Å². The molecule has 99 valence electrons. The lowest BCUT2D eigenvalue weighted by atomic mass is 10.1. The molecule has 0 aliphatic rings. The van der Waals surface area contributed by atoms with Crippen LogP contribution in [0.25, 0.3) is 0 Å². The molecular weight excluding hydrogens is 246 g/mol. The first-order chi connectivity index (χ1) is 9.83. The van der Waals surface area contributed by atoms with E-state index in [-0.39, 0.29) is 0 Å². The monoisotopic (exact) mass is 262 g/mol.